The third-order valence-corrected chi connectivity index (χ3v) is 4.22. The van der Waals surface area contributed by atoms with Crippen molar-refractivity contribution in [1.29, 1.82) is 0 Å². The maximum atomic E-state index is 12.0. The van der Waals surface area contributed by atoms with Gasteiger partial charge in [-0.05, 0) is 37.1 Å². The summed E-state index contributed by atoms with van der Waals surface area (Å²) in [7, 11) is -3.88. The quantitative estimate of drug-likeness (QED) is 0.584. The molecule has 23 heavy (non-hydrogen) atoms. The van der Waals surface area contributed by atoms with Gasteiger partial charge in [-0.1, -0.05) is 6.07 Å². The van der Waals surface area contributed by atoms with E-state index in [1.165, 1.54) is 12.1 Å². The lowest BCUT2D eigenvalue weighted by atomic mass is 10.1. The molecule has 0 unspecified atom stereocenters. The van der Waals surface area contributed by atoms with Gasteiger partial charge < -0.3 is 10.5 Å². The molecule has 0 saturated carbocycles. The van der Waals surface area contributed by atoms with Gasteiger partial charge in [0.15, 0.2) is 6.61 Å². The van der Waals surface area contributed by atoms with Crippen LogP contribution >= 0.6 is 0 Å². The number of benzene rings is 1. The molecule has 0 heterocycles. The van der Waals surface area contributed by atoms with Crippen LogP contribution in [0.5, 0.6) is 0 Å². The number of ether oxygens (including phenoxy) is 1. The maximum Gasteiger partial charge on any atom is 0.321 e. The zero-order valence-corrected chi connectivity index (χ0v) is 13.4. The minimum absolute atomic E-state index is 0.0138. The fourth-order valence-corrected chi connectivity index (χ4v) is 2.54. The van der Waals surface area contributed by atoms with E-state index in [1.807, 2.05) is 6.92 Å². The third-order valence-electron chi connectivity index (χ3n) is 2.82. The Kier molecular flexibility index (Phi) is 6.22. The number of sulfonamides is 1. The summed E-state index contributed by atoms with van der Waals surface area (Å²) in [5.41, 5.74) is 6.42. The molecule has 1 aromatic rings. The van der Waals surface area contributed by atoms with Gasteiger partial charge in [-0.15, -0.1) is 0 Å². The van der Waals surface area contributed by atoms with Crippen molar-refractivity contribution in [1.82, 2.24) is 10.0 Å². The highest BCUT2D eigenvalue weighted by Gasteiger charge is 2.17. The van der Waals surface area contributed by atoms with Crippen molar-refractivity contribution in [3.8, 4) is 0 Å². The Hall–Kier alpha value is -2.46. The molecule has 3 amide bonds. The van der Waals surface area contributed by atoms with Gasteiger partial charge in [0.2, 0.25) is 10.0 Å². The number of carbonyl (C=O) groups is 3. The van der Waals surface area contributed by atoms with E-state index in [0.29, 0.717) is 0 Å². The summed E-state index contributed by atoms with van der Waals surface area (Å²) in [4.78, 5) is 32.8. The van der Waals surface area contributed by atoms with Gasteiger partial charge >= 0.3 is 12.0 Å². The summed E-state index contributed by atoms with van der Waals surface area (Å²) < 4.78 is 30.6. The average Bonchev–Trinajstić information content (AvgIpc) is 2.45. The Morgan fingerprint density at radius 1 is 1.17 bits per heavy atom. The smallest absolute Gasteiger partial charge is 0.321 e. The first kappa shape index (κ1) is 18.6. The van der Waals surface area contributed by atoms with Gasteiger partial charge in [0, 0.05) is 0 Å². The Bertz CT molecular complexity index is 729. The summed E-state index contributed by atoms with van der Waals surface area (Å²) in [5.74, 6) is -1.89. The van der Waals surface area contributed by atoms with E-state index in [-0.39, 0.29) is 4.90 Å². The number of aryl methyl sites for hydroxylation is 2. The first-order valence-corrected chi connectivity index (χ1v) is 7.92. The zero-order valence-electron chi connectivity index (χ0n) is 12.6. The minimum Gasteiger partial charge on any atom is -0.455 e. The molecule has 1 rings (SSSR count). The second kappa shape index (κ2) is 7.70. The Morgan fingerprint density at radius 2 is 1.83 bits per heavy atom. The molecule has 0 fully saturated rings. The Labute approximate surface area is 133 Å². The normalized spacial score (nSPS) is 10.9. The molecule has 4 N–H and O–H groups in total. The number of hydrogen-bond donors (Lipinski definition) is 3. The van der Waals surface area contributed by atoms with Crippen LogP contribution in [0.3, 0.4) is 0 Å². The highest BCUT2D eigenvalue weighted by atomic mass is 32.2. The number of rotatable bonds is 6. The zero-order chi connectivity index (χ0) is 17.6. The van der Waals surface area contributed by atoms with Crippen molar-refractivity contribution in [2.45, 2.75) is 18.7 Å². The molecule has 0 aromatic heterocycles. The molecule has 0 aliphatic heterocycles. The summed E-state index contributed by atoms with van der Waals surface area (Å²) in [5, 5.41) is 1.69. The van der Waals surface area contributed by atoms with Crippen LogP contribution in [0.4, 0.5) is 4.79 Å². The van der Waals surface area contributed by atoms with Crippen molar-refractivity contribution in [3.63, 3.8) is 0 Å². The number of carbonyl (C=O) groups excluding carboxylic acids is 3. The van der Waals surface area contributed by atoms with Gasteiger partial charge in [-0.25, -0.2) is 13.2 Å². The number of imide groups is 1. The molecule has 1 aromatic carbocycles. The molecular weight excluding hydrogens is 326 g/mol. The van der Waals surface area contributed by atoms with Crippen LogP contribution in [-0.2, 0) is 24.3 Å². The van der Waals surface area contributed by atoms with Gasteiger partial charge in [0.1, 0.15) is 6.54 Å². The second-order valence-electron chi connectivity index (χ2n) is 4.64. The molecule has 0 aliphatic rings. The summed E-state index contributed by atoms with van der Waals surface area (Å²) in [6.07, 6.45) is 0. The van der Waals surface area contributed by atoms with Crippen molar-refractivity contribution in [2.24, 2.45) is 5.73 Å². The second-order valence-corrected chi connectivity index (χ2v) is 6.41. The number of hydrogen-bond acceptors (Lipinski definition) is 6. The van der Waals surface area contributed by atoms with E-state index in [0.717, 1.165) is 11.1 Å². The van der Waals surface area contributed by atoms with Crippen molar-refractivity contribution >= 4 is 27.9 Å². The van der Waals surface area contributed by atoms with Gasteiger partial charge in [-0.2, -0.15) is 4.72 Å². The van der Waals surface area contributed by atoms with Crippen molar-refractivity contribution in [2.75, 3.05) is 13.2 Å². The number of amides is 3. The van der Waals surface area contributed by atoms with Crippen LogP contribution in [0.2, 0.25) is 0 Å². The molecule has 0 aliphatic carbocycles. The molecule has 0 radical (unpaired) electrons. The van der Waals surface area contributed by atoms with Crippen LogP contribution in [-0.4, -0.2) is 39.5 Å². The topological polar surface area (TPSA) is 145 Å². The highest BCUT2D eigenvalue weighted by Crippen LogP contribution is 2.14. The molecular formula is C13H17N3O6S. The molecule has 0 bridgehead atoms. The summed E-state index contributed by atoms with van der Waals surface area (Å²) >= 11 is 0. The maximum absolute atomic E-state index is 12.0. The number of nitrogens with one attached hydrogen (secondary N) is 2. The van der Waals surface area contributed by atoms with Crippen LogP contribution in [0.15, 0.2) is 23.1 Å². The summed E-state index contributed by atoms with van der Waals surface area (Å²) in [6, 6.07) is 3.46. The predicted molar refractivity (Wildman–Crippen MR) is 79.8 cm³/mol. The highest BCUT2D eigenvalue weighted by molar-refractivity contribution is 7.89. The van der Waals surface area contributed by atoms with Crippen LogP contribution in [0.25, 0.3) is 0 Å². The lowest BCUT2D eigenvalue weighted by Gasteiger charge is -2.08. The molecule has 10 heteroatoms. The Morgan fingerprint density at radius 3 is 2.39 bits per heavy atom. The minimum atomic E-state index is -3.88. The SMILES string of the molecule is Cc1ccc(S(=O)(=O)NCC(=O)OCC(=O)NC(N)=O)cc1C. The van der Waals surface area contributed by atoms with Gasteiger partial charge in [0.25, 0.3) is 5.91 Å². The molecule has 0 saturated heterocycles. The van der Waals surface area contributed by atoms with Crippen LogP contribution in [0, 0.1) is 13.8 Å². The molecule has 126 valence electrons. The first-order chi connectivity index (χ1) is 10.6. The predicted octanol–water partition coefficient (Wildman–Crippen LogP) is -0.680. The van der Waals surface area contributed by atoms with E-state index < -0.39 is 41.1 Å². The summed E-state index contributed by atoms with van der Waals surface area (Å²) in [6.45, 7) is 2.21. The van der Waals surface area contributed by atoms with Crippen LogP contribution in [0.1, 0.15) is 11.1 Å². The molecule has 0 atom stereocenters. The van der Waals surface area contributed by atoms with Gasteiger partial charge in [0.05, 0.1) is 4.90 Å². The Balaban J connectivity index is 2.55. The number of primary amides is 1. The van der Waals surface area contributed by atoms with E-state index in [4.69, 9.17) is 5.73 Å². The van der Waals surface area contributed by atoms with E-state index >= 15 is 0 Å². The van der Waals surface area contributed by atoms with E-state index in [9.17, 15) is 22.8 Å². The fourth-order valence-electron chi connectivity index (χ4n) is 1.49. The van der Waals surface area contributed by atoms with Gasteiger partial charge in [-0.3, -0.25) is 14.9 Å². The van der Waals surface area contributed by atoms with E-state index in [1.54, 1.807) is 18.3 Å². The first-order valence-electron chi connectivity index (χ1n) is 6.43. The number of nitrogens with two attached hydrogens (primary N) is 1. The number of esters is 1. The van der Waals surface area contributed by atoms with Crippen LogP contribution < -0.4 is 15.8 Å². The lowest BCUT2D eigenvalue weighted by Crippen LogP contribution is -2.39. The molecule has 9 nitrogen and oxygen atoms in total. The van der Waals surface area contributed by atoms with E-state index in [2.05, 4.69) is 9.46 Å². The fraction of sp³-hybridized carbons (Fsp3) is 0.308. The standard InChI is InChI=1S/C13H17N3O6S/c1-8-3-4-10(5-9(8)2)23(20,21)15-6-12(18)22-7-11(17)16-13(14)19/h3-5,15H,6-7H2,1-2H3,(H3,14,16,17,19). The third kappa shape index (κ3) is 6.04. The molecule has 0 spiro atoms. The van der Waals surface area contributed by atoms with Crippen molar-refractivity contribution in [3.05, 3.63) is 29.3 Å². The monoisotopic (exact) mass is 343 g/mol. The largest absolute Gasteiger partial charge is 0.455 e. The lowest BCUT2D eigenvalue weighted by molar-refractivity contribution is -0.147. The van der Waals surface area contributed by atoms with Crippen molar-refractivity contribution < 1.29 is 27.5 Å². The number of urea groups is 1. The average molecular weight is 343 g/mol.